The molecule has 1 atom stereocenters. The summed E-state index contributed by atoms with van der Waals surface area (Å²) in [6.07, 6.45) is 3.33. The van der Waals surface area contributed by atoms with Crippen LogP contribution in [0.1, 0.15) is 36.2 Å². The Labute approximate surface area is 165 Å². The zero-order valence-electron chi connectivity index (χ0n) is 16.6. The molecule has 3 rings (SSSR count). The standard InChI is InChI=1S/C23H26N2O3/c1-4-25-15-20(22(26)19-14-18(28-3)12-13-21(19)25)23(27)24-16(2)10-11-17-8-6-5-7-9-17/h5-9,12-16H,4,10-11H2,1-3H3,(H,24,27)/t16-/m1/s1. The van der Waals surface area contributed by atoms with Gasteiger partial charge >= 0.3 is 0 Å². The molecule has 28 heavy (non-hydrogen) atoms. The van der Waals surface area contributed by atoms with Gasteiger partial charge in [-0.2, -0.15) is 0 Å². The molecule has 0 saturated heterocycles. The van der Waals surface area contributed by atoms with Crippen molar-refractivity contribution in [2.75, 3.05) is 7.11 Å². The Morgan fingerprint density at radius 2 is 1.93 bits per heavy atom. The Balaban J connectivity index is 1.82. The van der Waals surface area contributed by atoms with E-state index in [0.717, 1.165) is 18.4 Å². The lowest BCUT2D eigenvalue weighted by Gasteiger charge is -2.16. The number of pyridine rings is 1. The molecule has 1 heterocycles. The summed E-state index contributed by atoms with van der Waals surface area (Å²) in [4.78, 5) is 25.7. The summed E-state index contributed by atoms with van der Waals surface area (Å²) in [6, 6.07) is 15.5. The maximum absolute atomic E-state index is 12.9. The zero-order valence-corrected chi connectivity index (χ0v) is 16.6. The van der Waals surface area contributed by atoms with Gasteiger partial charge in [0, 0.05) is 18.8 Å². The number of nitrogens with zero attached hydrogens (tertiary/aromatic N) is 1. The Morgan fingerprint density at radius 1 is 1.18 bits per heavy atom. The van der Waals surface area contributed by atoms with Gasteiger partial charge in [0.05, 0.1) is 18.0 Å². The van der Waals surface area contributed by atoms with Gasteiger partial charge in [-0.1, -0.05) is 30.3 Å². The quantitative estimate of drug-likeness (QED) is 0.681. The van der Waals surface area contributed by atoms with Crippen molar-refractivity contribution in [2.45, 2.75) is 39.3 Å². The predicted molar refractivity (Wildman–Crippen MR) is 112 cm³/mol. The van der Waals surface area contributed by atoms with Gasteiger partial charge in [-0.3, -0.25) is 9.59 Å². The fourth-order valence-electron chi connectivity index (χ4n) is 3.33. The lowest BCUT2D eigenvalue weighted by molar-refractivity contribution is 0.0937. The number of amides is 1. The van der Waals surface area contributed by atoms with Crippen molar-refractivity contribution < 1.29 is 9.53 Å². The van der Waals surface area contributed by atoms with Crippen LogP contribution in [0, 0.1) is 0 Å². The van der Waals surface area contributed by atoms with E-state index in [4.69, 9.17) is 4.74 Å². The lowest BCUT2D eigenvalue weighted by atomic mass is 10.1. The third-order valence-corrected chi connectivity index (χ3v) is 4.96. The average molecular weight is 378 g/mol. The number of ether oxygens (including phenoxy) is 1. The van der Waals surface area contributed by atoms with Crippen molar-refractivity contribution in [3.05, 3.63) is 76.1 Å². The minimum atomic E-state index is -0.336. The second kappa shape index (κ2) is 8.74. The largest absolute Gasteiger partial charge is 0.497 e. The molecule has 0 fully saturated rings. The molecule has 2 aromatic carbocycles. The van der Waals surface area contributed by atoms with Crippen LogP contribution in [-0.4, -0.2) is 23.6 Å². The van der Waals surface area contributed by atoms with Crippen LogP contribution in [0.3, 0.4) is 0 Å². The third kappa shape index (κ3) is 4.25. The summed E-state index contributed by atoms with van der Waals surface area (Å²) in [5.41, 5.74) is 1.91. The fraction of sp³-hybridized carbons (Fsp3) is 0.304. The van der Waals surface area contributed by atoms with Crippen molar-refractivity contribution in [1.29, 1.82) is 0 Å². The Hall–Kier alpha value is -3.08. The van der Waals surface area contributed by atoms with Gasteiger partial charge in [-0.05, 0) is 50.5 Å². The van der Waals surface area contributed by atoms with E-state index in [-0.39, 0.29) is 22.9 Å². The molecular weight excluding hydrogens is 352 g/mol. The van der Waals surface area contributed by atoms with Crippen LogP contribution in [0.15, 0.2) is 59.5 Å². The third-order valence-electron chi connectivity index (χ3n) is 4.96. The number of carbonyl (C=O) groups excluding carboxylic acids is 1. The molecule has 0 aliphatic carbocycles. The van der Waals surface area contributed by atoms with Gasteiger partial charge in [0.25, 0.3) is 5.91 Å². The number of rotatable bonds is 7. The highest BCUT2D eigenvalue weighted by atomic mass is 16.5. The molecule has 1 aromatic heterocycles. The normalized spacial score (nSPS) is 12.0. The first-order valence-corrected chi connectivity index (χ1v) is 9.59. The lowest BCUT2D eigenvalue weighted by Crippen LogP contribution is -2.36. The summed E-state index contributed by atoms with van der Waals surface area (Å²) < 4.78 is 7.16. The van der Waals surface area contributed by atoms with E-state index in [1.165, 1.54) is 5.56 Å². The molecule has 1 N–H and O–H groups in total. The fourth-order valence-corrected chi connectivity index (χ4v) is 3.33. The van der Waals surface area contributed by atoms with Crippen LogP contribution in [0.25, 0.3) is 10.9 Å². The van der Waals surface area contributed by atoms with E-state index in [1.807, 2.05) is 48.7 Å². The first-order valence-electron chi connectivity index (χ1n) is 9.59. The first kappa shape index (κ1) is 19.7. The smallest absolute Gasteiger partial charge is 0.256 e. The number of hydrogen-bond acceptors (Lipinski definition) is 3. The summed E-state index contributed by atoms with van der Waals surface area (Å²) in [5.74, 6) is 0.263. The van der Waals surface area contributed by atoms with Crippen LogP contribution >= 0.6 is 0 Å². The average Bonchev–Trinajstić information content (AvgIpc) is 2.73. The van der Waals surface area contributed by atoms with Crippen LogP contribution < -0.4 is 15.5 Å². The number of aromatic nitrogens is 1. The topological polar surface area (TPSA) is 60.3 Å². The predicted octanol–water partition coefficient (Wildman–Crippen LogP) is 3.78. The highest BCUT2D eigenvalue weighted by Gasteiger charge is 2.17. The van der Waals surface area contributed by atoms with Gasteiger partial charge in [-0.15, -0.1) is 0 Å². The molecule has 5 heteroatoms. The van der Waals surface area contributed by atoms with E-state index in [1.54, 1.807) is 19.4 Å². The zero-order chi connectivity index (χ0) is 20.1. The molecule has 0 saturated carbocycles. The van der Waals surface area contributed by atoms with Crippen LogP contribution in [-0.2, 0) is 13.0 Å². The molecule has 3 aromatic rings. The number of fused-ring (bicyclic) bond motifs is 1. The van der Waals surface area contributed by atoms with Gasteiger partial charge in [-0.25, -0.2) is 0 Å². The number of methoxy groups -OCH3 is 1. The van der Waals surface area contributed by atoms with Crippen LogP contribution in [0.2, 0.25) is 0 Å². The molecule has 0 unspecified atom stereocenters. The summed E-state index contributed by atoms with van der Waals surface area (Å²) in [6.45, 7) is 4.61. The van der Waals surface area contributed by atoms with Gasteiger partial charge < -0.3 is 14.6 Å². The van der Waals surface area contributed by atoms with E-state index in [2.05, 4.69) is 17.4 Å². The van der Waals surface area contributed by atoms with Gasteiger partial charge in [0.2, 0.25) is 5.43 Å². The second-order valence-corrected chi connectivity index (χ2v) is 6.94. The second-order valence-electron chi connectivity index (χ2n) is 6.94. The molecule has 0 radical (unpaired) electrons. The minimum Gasteiger partial charge on any atom is -0.497 e. The van der Waals surface area contributed by atoms with Gasteiger partial charge in [0.15, 0.2) is 0 Å². The van der Waals surface area contributed by atoms with Crippen molar-refractivity contribution in [3.63, 3.8) is 0 Å². The van der Waals surface area contributed by atoms with Gasteiger partial charge in [0.1, 0.15) is 11.3 Å². The van der Waals surface area contributed by atoms with E-state index < -0.39 is 0 Å². The molecule has 0 bridgehead atoms. The molecule has 0 aliphatic rings. The van der Waals surface area contributed by atoms with Crippen molar-refractivity contribution in [3.8, 4) is 5.75 Å². The summed E-state index contributed by atoms with van der Waals surface area (Å²) in [5, 5.41) is 3.46. The highest BCUT2D eigenvalue weighted by molar-refractivity contribution is 5.97. The summed E-state index contributed by atoms with van der Waals surface area (Å²) in [7, 11) is 1.56. The number of carbonyl (C=O) groups is 1. The van der Waals surface area contributed by atoms with E-state index >= 15 is 0 Å². The Kier molecular flexibility index (Phi) is 6.14. The molecular formula is C23H26N2O3. The van der Waals surface area contributed by atoms with Crippen LogP contribution in [0.4, 0.5) is 0 Å². The number of nitrogens with one attached hydrogen (secondary N) is 1. The van der Waals surface area contributed by atoms with Crippen molar-refractivity contribution in [2.24, 2.45) is 0 Å². The Bertz CT molecular complexity index is 1030. The minimum absolute atomic E-state index is 0.0387. The van der Waals surface area contributed by atoms with E-state index in [9.17, 15) is 9.59 Å². The number of benzene rings is 2. The van der Waals surface area contributed by atoms with E-state index in [0.29, 0.717) is 17.7 Å². The molecule has 146 valence electrons. The molecule has 0 spiro atoms. The Morgan fingerprint density at radius 3 is 2.61 bits per heavy atom. The van der Waals surface area contributed by atoms with Crippen LogP contribution in [0.5, 0.6) is 5.75 Å². The molecule has 0 aliphatic heterocycles. The maximum Gasteiger partial charge on any atom is 0.256 e. The number of hydrogen-bond donors (Lipinski definition) is 1. The molecule has 1 amide bonds. The monoisotopic (exact) mass is 378 g/mol. The SMILES string of the molecule is CCn1cc(C(=O)N[C@H](C)CCc2ccccc2)c(=O)c2cc(OC)ccc21. The van der Waals surface area contributed by atoms with Crippen molar-refractivity contribution in [1.82, 2.24) is 9.88 Å². The maximum atomic E-state index is 12.9. The van der Waals surface area contributed by atoms with Crippen molar-refractivity contribution >= 4 is 16.8 Å². The summed E-state index contributed by atoms with van der Waals surface area (Å²) >= 11 is 0. The highest BCUT2D eigenvalue weighted by Crippen LogP contribution is 2.19. The molecule has 5 nitrogen and oxygen atoms in total. The number of aryl methyl sites for hydroxylation is 2. The first-order chi connectivity index (χ1) is 13.5.